The van der Waals surface area contributed by atoms with Crippen molar-refractivity contribution in [3.05, 3.63) is 94.1 Å². The van der Waals surface area contributed by atoms with Crippen LogP contribution in [-0.4, -0.2) is 47.6 Å². The van der Waals surface area contributed by atoms with Crippen molar-refractivity contribution in [2.45, 2.75) is 45.1 Å². The van der Waals surface area contributed by atoms with Crippen molar-refractivity contribution in [3.8, 4) is 11.5 Å². The molecule has 2 aliphatic rings. The Labute approximate surface area is 232 Å². The number of benzene rings is 3. The van der Waals surface area contributed by atoms with Crippen LogP contribution in [0.3, 0.4) is 0 Å². The van der Waals surface area contributed by atoms with Gasteiger partial charge in [0.1, 0.15) is 30.3 Å². The third-order valence-electron chi connectivity index (χ3n) is 7.25. The number of hydrogen-bond donors (Lipinski definition) is 1. The summed E-state index contributed by atoms with van der Waals surface area (Å²) in [5.41, 5.74) is 5.17. The maximum absolute atomic E-state index is 13.5. The molecule has 4 aromatic rings. The van der Waals surface area contributed by atoms with Crippen LogP contribution in [0.25, 0.3) is 10.9 Å². The number of carbonyl (C=O) groups excluding carboxylic acids is 1. The quantitative estimate of drug-likeness (QED) is 0.298. The zero-order valence-electron chi connectivity index (χ0n) is 22.2. The number of halogens is 1. The number of aryl methyl sites for hydroxylation is 1. The molecule has 0 aliphatic carbocycles. The van der Waals surface area contributed by atoms with Gasteiger partial charge in [-0.2, -0.15) is 0 Å². The Kier molecular flexibility index (Phi) is 6.75. The Bertz CT molecular complexity index is 1500. The topological polar surface area (TPSA) is 73.0 Å². The number of H-pyrrole nitrogens is 1. The van der Waals surface area contributed by atoms with Crippen molar-refractivity contribution in [3.63, 3.8) is 0 Å². The van der Waals surface area contributed by atoms with Gasteiger partial charge in [-0.3, -0.25) is 4.90 Å². The zero-order chi connectivity index (χ0) is 27.1. The van der Waals surface area contributed by atoms with Gasteiger partial charge in [0, 0.05) is 28.2 Å². The van der Waals surface area contributed by atoms with Crippen LogP contribution in [0.5, 0.6) is 11.5 Å². The van der Waals surface area contributed by atoms with E-state index in [-0.39, 0.29) is 12.1 Å². The third kappa shape index (κ3) is 5.35. The summed E-state index contributed by atoms with van der Waals surface area (Å²) < 4.78 is 23.3. The summed E-state index contributed by atoms with van der Waals surface area (Å²) in [5, 5.41) is 1.76. The Hall–Kier alpha value is -3.52. The normalized spacial score (nSPS) is 20.2. The molecule has 39 heavy (non-hydrogen) atoms. The average Bonchev–Trinajstić information content (AvgIpc) is 3.47. The summed E-state index contributed by atoms with van der Waals surface area (Å²) in [6, 6.07) is 20.8. The molecule has 1 N–H and O–H groups in total. The highest BCUT2D eigenvalue weighted by atomic mass is 35.5. The highest BCUT2D eigenvalue weighted by Crippen LogP contribution is 2.40. The lowest BCUT2D eigenvalue weighted by Crippen LogP contribution is -2.42. The first-order chi connectivity index (χ1) is 18.8. The average molecular weight is 547 g/mol. The lowest BCUT2D eigenvalue weighted by molar-refractivity contribution is -0.141. The van der Waals surface area contributed by atoms with Crippen molar-refractivity contribution < 1.29 is 23.7 Å². The van der Waals surface area contributed by atoms with Gasteiger partial charge in [-0.05, 0) is 80.8 Å². The molecule has 1 fully saturated rings. The van der Waals surface area contributed by atoms with E-state index in [1.807, 2.05) is 87.5 Å². The number of ether oxygens (including phenoxy) is 4. The third-order valence-corrected chi connectivity index (χ3v) is 7.48. The fourth-order valence-corrected chi connectivity index (χ4v) is 5.52. The molecule has 2 atom stereocenters. The number of carbonyl (C=O) groups is 1. The van der Waals surface area contributed by atoms with E-state index < -0.39 is 11.9 Å². The number of fused-ring (bicyclic) bond motifs is 3. The molecule has 3 aromatic carbocycles. The number of aromatic nitrogens is 1. The van der Waals surface area contributed by atoms with Crippen molar-refractivity contribution in [2.24, 2.45) is 0 Å². The fourth-order valence-electron chi connectivity index (χ4n) is 5.35. The molecule has 7 nitrogen and oxygen atoms in total. The summed E-state index contributed by atoms with van der Waals surface area (Å²) in [7, 11) is 0. The molecule has 2 aliphatic heterocycles. The summed E-state index contributed by atoms with van der Waals surface area (Å²) >= 11 is 6.33. The molecule has 0 bridgehead atoms. The van der Waals surface area contributed by atoms with Crippen LogP contribution >= 0.6 is 11.6 Å². The molecule has 8 heteroatoms. The molecule has 3 heterocycles. The smallest absolute Gasteiger partial charge is 0.416 e. The van der Waals surface area contributed by atoms with E-state index >= 15 is 0 Å². The number of nitrogens with one attached hydrogen (secondary N) is 1. The minimum atomic E-state index is -0.586. The number of amides is 1. The second-order valence-electron chi connectivity index (χ2n) is 10.6. The molecular formula is C31H31ClN2O5. The standard InChI is InChI=1S/C31H31ClN2O5/c1-19-4-9-23(10-5-19)38-30(35)34-15-14-25-26-16-21(32)8-13-27(26)33-28(25)29(34)20-6-11-22(12-7-20)36-17-24-18-37-31(2,3)39-24/h4-13,16,24,29,33H,14-15,17-18H2,1-3H3/t24-,29+/m1/s1. The SMILES string of the molecule is Cc1ccc(OC(=O)N2CCc3c([nH]c4ccc(Cl)cc34)[C@@H]2c2ccc(OC[C@@H]3COC(C)(C)O3)cc2)cc1. The molecule has 0 spiro atoms. The van der Waals surface area contributed by atoms with Gasteiger partial charge in [0.2, 0.25) is 0 Å². The monoisotopic (exact) mass is 546 g/mol. The first-order valence-corrected chi connectivity index (χ1v) is 13.5. The summed E-state index contributed by atoms with van der Waals surface area (Å²) in [5.74, 6) is 0.653. The van der Waals surface area contributed by atoms with E-state index in [9.17, 15) is 4.79 Å². The molecule has 0 saturated carbocycles. The predicted molar refractivity (Wildman–Crippen MR) is 150 cm³/mol. The largest absolute Gasteiger partial charge is 0.491 e. The van der Waals surface area contributed by atoms with Gasteiger partial charge in [0.05, 0.1) is 6.61 Å². The molecule has 202 valence electrons. The van der Waals surface area contributed by atoms with Gasteiger partial charge in [-0.1, -0.05) is 41.4 Å². The van der Waals surface area contributed by atoms with E-state index in [0.717, 1.165) is 33.5 Å². The number of hydrogen-bond acceptors (Lipinski definition) is 5. The van der Waals surface area contributed by atoms with E-state index in [2.05, 4.69) is 4.98 Å². The zero-order valence-corrected chi connectivity index (χ0v) is 23.0. The minimum absolute atomic E-state index is 0.120. The van der Waals surface area contributed by atoms with Gasteiger partial charge in [-0.15, -0.1) is 0 Å². The van der Waals surface area contributed by atoms with Crippen LogP contribution in [0.4, 0.5) is 4.79 Å². The van der Waals surface area contributed by atoms with Crippen LogP contribution in [0, 0.1) is 6.92 Å². The number of rotatable bonds is 5. The van der Waals surface area contributed by atoms with Crippen molar-refractivity contribution in [1.29, 1.82) is 0 Å². The van der Waals surface area contributed by atoms with Gasteiger partial charge in [-0.25, -0.2) is 4.79 Å². The van der Waals surface area contributed by atoms with Crippen LogP contribution in [0.2, 0.25) is 5.02 Å². The highest BCUT2D eigenvalue weighted by Gasteiger charge is 2.36. The van der Waals surface area contributed by atoms with E-state index in [1.165, 1.54) is 5.56 Å². The summed E-state index contributed by atoms with van der Waals surface area (Å²) in [6.45, 7) is 7.20. The Morgan fingerprint density at radius 1 is 1.08 bits per heavy atom. The second kappa shape index (κ2) is 10.2. The molecule has 1 saturated heterocycles. The first kappa shape index (κ1) is 25.7. The Morgan fingerprint density at radius 3 is 2.54 bits per heavy atom. The Balaban J connectivity index is 1.29. The van der Waals surface area contributed by atoms with Gasteiger partial charge >= 0.3 is 6.09 Å². The molecule has 0 radical (unpaired) electrons. The number of aromatic amines is 1. The maximum Gasteiger partial charge on any atom is 0.416 e. The van der Waals surface area contributed by atoms with E-state index in [0.29, 0.717) is 37.0 Å². The van der Waals surface area contributed by atoms with Gasteiger partial charge < -0.3 is 23.9 Å². The van der Waals surface area contributed by atoms with Crippen molar-refractivity contribution >= 4 is 28.6 Å². The summed E-state index contributed by atoms with van der Waals surface area (Å²) in [4.78, 5) is 18.8. The lowest BCUT2D eigenvalue weighted by Gasteiger charge is -2.35. The van der Waals surface area contributed by atoms with Crippen LogP contribution < -0.4 is 9.47 Å². The molecule has 0 unspecified atom stereocenters. The van der Waals surface area contributed by atoms with Crippen LogP contribution in [-0.2, 0) is 15.9 Å². The minimum Gasteiger partial charge on any atom is -0.491 e. The van der Waals surface area contributed by atoms with Crippen molar-refractivity contribution in [1.82, 2.24) is 9.88 Å². The lowest BCUT2D eigenvalue weighted by atomic mass is 9.92. The van der Waals surface area contributed by atoms with Crippen molar-refractivity contribution in [2.75, 3.05) is 19.8 Å². The molecule has 1 amide bonds. The maximum atomic E-state index is 13.5. The molecular weight excluding hydrogens is 516 g/mol. The predicted octanol–water partition coefficient (Wildman–Crippen LogP) is 6.81. The second-order valence-corrected chi connectivity index (χ2v) is 11.0. The molecule has 6 rings (SSSR count). The van der Waals surface area contributed by atoms with Crippen LogP contribution in [0.15, 0.2) is 66.7 Å². The summed E-state index contributed by atoms with van der Waals surface area (Å²) in [6.07, 6.45) is 0.175. The van der Waals surface area contributed by atoms with Gasteiger partial charge in [0.25, 0.3) is 0 Å². The number of nitrogens with zero attached hydrogens (tertiary/aromatic N) is 1. The first-order valence-electron chi connectivity index (χ1n) is 13.2. The van der Waals surface area contributed by atoms with E-state index in [4.69, 9.17) is 30.5 Å². The molecule has 1 aromatic heterocycles. The van der Waals surface area contributed by atoms with Gasteiger partial charge in [0.15, 0.2) is 5.79 Å². The van der Waals surface area contributed by atoms with E-state index in [1.54, 1.807) is 4.90 Å². The fraction of sp³-hybridized carbons (Fsp3) is 0.323. The Morgan fingerprint density at radius 2 is 1.82 bits per heavy atom. The highest BCUT2D eigenvalue weighted by molar-refractivity contribution is 6.31. The van der Waals surface area contributed by atoms with Crippen LogP contribution in [0.1, 0.15) is 42.3 Å².